The first-order valence-corrected chi connectivity index (χ1v) is 9.31. The number of carbonyl (C=O) groups is 2. The molecule has 1 atom stereocenters. The maximum Gasteiger partial charge on any atom is 0.326 e. The number of nitrogens with one attached hydrogen (secondary N) is 3. The van der Waals surface area contributed by atoms with Gasteiger partial charge in [0.25, 0.3) is 5.56 Å². The molecule has 152 valence electrons. The van der Waals surface area contributed by atoms with Gasteiger partial charge in [0.2, 0.25) is 0 Å². The van der Waals surface area contributed by atoms with Crippen molar-refractivity contribution < 1.29 is 14.7 Å². The van der Waals surface area contributed by atoms with Crippen LogP contribution in [0.15, 0.2) is 65.7 Å². The maximum atomic E-state index is 12.3. The molecule has 4 rings (SSSR count). The molecule has 0 radical (unpaired) electrons. The van der Waals surface area contributed by atoms with Crippen LogP contribution >= 0.6 is 0 Å². The van der Waals surface area contributed by atoms with Gasteiger partial charge < -0.3 is 20.7 Å². The molecule has 30 heavy (non-hydrogen) atoms. The summed E-state index contributed by atoms with van der Waals surface area (Å²) in [4.78, 5) is 43.4. The number of urea groups is 1. The summed E-state index contributed by atoms with van der Waals surface area (Å²) in [5, 5.41) is 15.5. The van der Waals surface area contributed by atoms with Gasteiger partial charge in [0.15, 0.2) is 0 Å². The SMILES string of the molecule is O=C(NCc1cc(=O)n2ccccc2n1)NC(Cc1c[nH]c2ccccc12)C(=O)O. The highest BCUT2D eigenvalue weighted by Gasteiger charge is 2.22. The molecule has 0 aliphatic heterocycles. The number of para-hydroxylation sites is 1. The fourth-order valence-electron chi connectivity index (χ4n) is 3.29. The Labute approximate surface area is 170 Å². The molecule has 4 aromatic rings. The van der Waals surface area contributed by atoms with Crippen LogP contribution in [0.25, 0.3) is 16.6 Å². The minimum atomic E-state index is -1.14. The van der Waals surface area contributed by atoms with Crippen molar-refractivity contribution in [2.24, 2.45) is 0 Å². The molecule has 0 bridgehead atoms. The van der Waals surface area contributed by atoms with Crippen LogP contribution in [0.2, 0.25) is 0 Å². The van der Waals surface area contributed by atoms with Crippen molar-refractivity contribution in [1.29, 1.82) is 0 Å². The molecule has 1 unspecified atom stereocenters. The first-order chi connectivity index (χ1) is 14.5. The monoisotopic (exact) mass is 405 g/mol. The third-order valence-corrected chi connectivity index (χ3v) is 4.76. The molecule has 0 fully saturated rings. The van der Waals surface area contributed by atoms with E-state index in [0.29, 0.717) is 11.3 Å². The molecule has 0 saturated heterocycles. The van der Waals surface area contributed by atoms with Crippen molar-refractivity contribution in [3.05, 3.63) is 82.5 Å². The lowest BCUT2D eigenvalue weighted by atomic mass is 10.1. The van der Waals surface area contributed by atoms with Gasteiger partial charge in [-0.15, -0.1) is 0 Å². The Kier molecular flexibility index (Phi) is 5.17. The molecule has 0 saturated carbocycles. The quantitative estimate of drug-likeness (QED) is 0.388. The Balaban J connectivity index is 1.42. The fourth-order valence-corrected chi connectivity index (χ4v) is 3.29. The van der Waals surface area contributed by atoms with Crippen molar-refractivity contribution in [3.63, 3.8) is 0 Å². The molecule has 9 heteroatoms. The molecule has 4 N–H and O–H groups in total. The smallest absolute Gasteiger partial charge is 0.326 e. The number of H-pyrrole nitrogens is 1. The van der Waals surface area contributed by atoms with E-state index in [1.165, 1.54) is 10.5 Å². The third-order valence-electron chi connectivity index (χ3n) is 4.76. The summed E-state index contributed by atoms with van der Waals surface area (Å²) in [5.41, 5.74) is 2.27. The lowest BCUT2D eigenvalue weighted by molar-refractivity contribution is -0.139. The van der Waals surface area contributed by atoms with Gasteiger partial charge in [-0.05, 0) is 23.8 Å². The predicted molar refractivity (Wildman–Crippen MR) is 110 cm³/mol. The zero-order valence-electron chi connectivity index (χ0n) is 15.8. The normalized spacial score (nSPS) is 12.0. The Morgan fingerprint density at radius 2 is 1.97 bits per heavy atom. The maximum absolute atomic E-state index is 12.3. The van der Waals surface area contributed by atoms with E-state index >= 15 is 0 Å². The molecule has 3 aromatic heterocycles. The minimum absolute atomic E-state index is 0.00804. The van der Waals surface area contributed by atoms with E-state index in [2.05, 4.69) is 20.6 Å². The van der Waals surface area contributed by atoms with Gasteiger partial charge in [-0.25, -0.2) is 14.6 Å². The van der Waals surface area contributed by atoms with E-state index < -0.39 is 18.0 Å². The zero-order chi connectivity index (χ0) is 21.1. The molecule has 0 aliphatic carbocycles. The molecule has 0 aliphatic rings. The second kappa shape index (κ2) is 8.08. The number of amides is 2. The van der Waals surface area contributed by atoms with Crippen molar-refractivity contribution in [1.82, 2.24) is 25.0 Å². The summed E-state index contributed by atoms with van der Waals surface area (Å²) in [6, 6.07) is 12.3. The number of aromatic amines is 1. The Morgan fingerprint density at radius 3 is 2.80 bits per heavy atom. The van der Waals surface area contributed by atoms with Crippen molar-refractivity contribution in [2.45, 2.75) is 19.0 Å². The summed E-state index contributed by atoms with van der Waals surface area (Å²) >= 11 is 0. The van der Waals surface area contributed by atoms with Gasteiger partial charge in [-0.3, -0.25) is 9.20 Å². The third kappa shape index (κ3) is 4.00. The molecule has 1 aromatic carbocycles. The highest BCUT2D eigenvalue weighted by molar-refractivity contribution is 5.86. The van der Waals surface area contributed by atoms with Crippen molar-refractivity contribution in [2.75, 3.05) is 0 Å². The number of carboxylic acid groups (broad SMARTS) is 1. The lowest BCUT2D eigenvalue weighted by Crippen LogP contribution is -2.47. The van der Waals surface area contributed by atoms with Gasteiger partial charge in [0, 0.05) is 35.8 Å². The summed E-state index contributed by atoms with van der Waals surface area (Å²) in [7, 11) is 0. The number of hydrogen-bond donors (Lipinski definition) is 4. The van der Waals surface area contributed by atoms with Crippen LogP contribution in [-0.4, -0.2) is 37.5 Å². The second-order valence-corrected chi connectivity index (χ2v) is 6.80. The van der Waals surface area contributed by atoms with E-state index in [1.54, 1.807) is 30.6 Å². The number of nitrogens with zero attached hydrogens (tertiary/aromatic N) is 2. The highest BCUT2D eigenvalue weighted by atomic mass is 16.4. The molecular formula is C21H19N5O4. The number of fused-ring (bicyclic) bond motifs is 2. The molecular weight excluding hydrogens is 386 g/mol. The number of rotatable bonds is 6. The van der Waals surface area contributed by atoms with Crippen molar-refractivity contribution in [3.8, 4) is 0 Å². The van der Waals surface area contributed by atoms with Crippen LogP contribution < -0.4 is 16.2 Å². The van der Waals surface area contributed by atoms with E-state index in [1.807, 2.05) is 24.3 Å². The van der Waals surface area contributed by atoms with E-state index in [-0.39, 0.29) is 18.5 Å². The first kappa shape index (κ1) is 19.2. The van der Waals surface area contributed by atoms with Crippen LogP contribution in [0, 0.1) is 0 Å². The van der Waals surface area contributed by atoms with E-state index in [9.17, 15) is 19.5 Å². The number of benzene rings is 1. The summed E-state index contributed by atoms with van der Waals surface area (Å²) in [6.07, 6.45) is 3.48. The molecule has 9 nitrogen and oxygen atoms in total. The van der Waals surface area contributed by atoms with Crippen LogP contribution in [-0.2, 0) is 17.8 Å². The first-order valence-electron chi connectivity index (χ1n) is 9.31. The largest absolute Gasteiger partial charge is 0.480 e. The number of pyridine rings is 1. The van der Waals surface area contributed by atoms with E-state index in [4.69, 9.17) is 0 Å². The van der Waals surface area contributed by atoms with Gasteiger partial charge in [0.05, 0.1) is 12.2 Å². The van der Waals surface area contributed by atoms with E-state index in [0.717, 1.165) is 16.5 Å². The van der Waals surface area contributed by atoms with Crippen LogP contribution in [0.5, 0.6) is 0 Å². The van der Waals surface area contributed by atoms with Gasteiger partial charge in [0.1, 0.15) is 11.7 Å². The predicted octanol–water partition coefficient (Wildman–Crippen LogP) is 1.67. The van der Waals surface area contributed by atoms with Gasteiger partial charge in [-0.2, -0.15) is 0 Å². The summed E-state index contributed by atoms with van der Waals surface area (Å²) in [6.45, 7) is -0.00804. The molecule has 0 spiro atoms. The summed E-state index contributed by atoms with van der Waals surface area (Å²) < 4.78 is 1.39. The van der Waals surface area contributed by atoms with Gasteiger partial charge >= 0.3 is 12.0 Å². The van der Waals surface area contributed by atoms with Crippen LogP contribution in [0.4, 0.5) is 4.79 Å². The zero-order valence-corrected chi connectivity index (χ0v) is 15.8. The fraction of sp³-hybridized carbons (Fsp3) is 0.143. The Morgan fingerprint density at radius 1 is 1.17 bits per heavy atom. The summed E-state index contributed by atoms with van der Waals surface area (Å²) in [5.74, 6) is -1.14. The van der Waals surface area contributed by atoms with Crippen LogP contribution in [0.1, 0.15) is 11.3 Å². The number of hydrogen-bond acceptors (Lipinski definition) is 4. The number of carbonyl (C=O) groups excluding carboxylic acids is 1. The Hall–Kier alpha value is -4.14. The second-order valence-electron chi connectivity index (χ2n) is 6.80. The van der Waals surface area contributed by atoms with Crippen molar-refractivity contribution >= 4 is 28.6 Å². The average molecular weight is 405 g/mol. The standard InChI is InChI=1S/C21H19N5O4/c27-19-10-14(24-18-7-3-4-8-26(18)19)12-23-21(30)25-17(20(28)29)9-13-11-22-16-6-2-1-5-15(13)16/h1-8,10-11,17,22H,9,12H2,(H,28,29)(H2,23,25,30). The average Bonchev–Trinajstić information content (AvgIpc) is 3.15. The topological polar surface area (TPSA) is 129 Å². The van der Waals surface area contributed by atoms with Crippen LogP contribution in [0.3, 0.4) is 0 Å². The molecule has 2 amide bonds. The highest BCUT2D eigenvalue weighted by Crippen LogP contribution is 2.19. The van der Waals surface area contributed by atoms with Gasteiger partial charge in [-0.1, -0.05) is 24.3 Å². The number of aliphatic carboxylic acids is 1. The molecule has 3 heterocycles. The number of aromatic nitrogens is 3. The Bertz CT molecular complexity index is 1290. The lowest BCUT2D eigenvalue weighted by Gasteiger charge is -2.15. The number of carboxylic acids is 1. The minimum Gasteiger partial charge on any atom is -0.480 e.